The summed E-state index contributed by atoms with van der Waals surface area (Å²) < 4.78 is 1.01. The molecule has 1 amide bonds. The molecule has 1 heterocycles. The number of nitrogens with one attached hydrogen (secondary N) is 1. The summed E-state index contributed by atoms with van der Waals surface area (Å²) in [5.41, 5.74) is 2.12. The number of benzene rings is 1. The predicted octanol–water partition coefficient (Wildman–Crippen LogP) is 3.11. The number of hydrogen-bond acceptors (Lipinski definition) is 2. The van der Waals surface area contributed by atoms with Crippen LogP contribution in [0, 0.1) is 12.8 Å². The fraction of sp³-hybridized carbons (Fsp3) is 0.533. The molecule has 4 heteroatoms. The van der Waals surface area contributed by atoms with Crippen LogP contribution in [0.25, 0.3) is 0 Å². The Labute approximate surface area is 123 Å². The van der Waals surface area contributed by atoms with Gasteiger partial charge in [-0.3, -0.25) is 4.79 Å². The lowest BCUT2D eigenvalue weighted by Gasteiger charge is -2.25. The zero-order valence-electron chi connectivity index (χ0n) is 11.6. The number of piperidine rings is 1. The second-order valence-electron chi connectivity index (χ2n) is 5.28. The lowest BCUT2D eigenvalue weighted by Crippen LogP contribution is -2.33. The molecule has 2 rings (SSSR count). The summed E-state index contributed by atoms with van der Waals surface area (Å²) in [6.45, 7) is 4.12. The normalized spacial score (nSPS) is 16.4. The summed E-state index contributed by atoms with van der Waals surface area (Å²) in [4.78, 5) is 14.2. The molecule has 1 aromatic rings. The molecule has 0 atom stereocenters. The van der Waals surface area contributed by atoms with Crippen LogP contribution in [-0.4, -0.2) is 26.0 Å². The van der Waals surface area contributed by atoms with Gasteiger partial charge in [-0.1, -0.05) is 22.0 Å². The third-order valence-electron chi connectivity index (χ3n) is 3.83. The Bertz CT molecular complexity index is 455. The summed E-state index contributed by atoms with van der Waals surface area (Å²) in [6, 6.07) is 6.05. The zero-order valence-corrected chi connectivity index (χ0v) is 13.2. The molecular formula is C15H21BrN2O. The number of amides is 1. The minimum Gasteiger partial charge on any atom is -0.317 e. The molecule has 19 heavy (non-hydrogen) atoms. The van der Waals surface area contributed by atoms with Crippen molar-refractivity contribution in [1.29, 1.82) is 0 Å². The zero-order chi connectivity index (χ0) is 13.8. The van der Waals surface area contributed by atoms with Crippen LogP contribution >= 0.6 is 15.9 Å². The van der Waals surface area contributed by atoms with Crippen molar-refractivity contribution in [2.24, 2.45) is 5.92 Å². The highest BCUT2D eigenvalue weighted by Crippen LogP contribution is 2.25. The Morgan fingerprint density at radius 3 is 2.79 bits per heavy atom. The Kier molecular flexibility index (Phi) is 4.99. The van der Waals surface area contributed by atoms with Gasteiger partial charge in [-0.25, -0.2) is 0 Å². The number of halogens is 1. The number of anilines is 1. The summed E-state index contributed by atoms with van der Waals surface area (Å²) >= 11 is 3.47. The first kappa shape index (κ1) is 14.5. The largest absolute Gasteiger partial charge is 0.317 e. The van der Waals surface area contributed by atoms with E-state index in [1.165, 1.54) is 0 Å². The smallest absolute Gasteiger partial charge is 0.227 e. The van der Waals surface area contributed by atoms with E-state index >= 15 is 0 Å². The molecule has 0 radical (unpaired) electrons. The summed E-state index contributed by atoms with van der Waals surface area (Å²) in [5, 5.41) is 3.33. The van der Waals surface area contributed by atoms with Crippen molar-refractivity contribution in [3.05, 3.63) is 28.2 Å². The molecule has 1 aliphatic heterocycles. The van der Waals surface area contributed by atoms with Crippen molar-refractivity contribution in [2.45, 2.75) is 26.2 Å². The third-order valence-corrected chi connectivity index (χ3v) is 4.32. The van der Waals surface area contributed by atoms with E-state index in [-0.39, 0.29) is 5.91 Å². The predicted molar refractivity (Wildman–Crippen MR) is 82.5 cm³/mol. The van der Waals surface area contributed by atoms with E-state index in [1.807, 2.05) is 32.2 Å². The lowest BCUT2D eigenvalue weighted by atomic mass is 9.94. The Morgan fingerprint density at radius 1 is 1.42 bits per heavy atom. The maximum Gasteiger partial charge on any atom is 0.227 e. The average Bonchev–Trinajstić information content (AvgIpc) is 2.42. The van der Waals surface area contributed by atoms with Gasteiger partial charge in [0.1, 0.15) is 0 Å². The minimum atomic E-state index is 0.216. The van der Waals surface area contributed by atoms with Crippen molar-refractivity contribution >= 4 is 27.5 Å². The van der Waals surface area contributed by atoms with E-state index in [9.17, 15) is 4.79 Å². The standard InChI is InChI=1S/C15H21BrN2O/c1-11-3-4-13(16)10-14(11)18(2)15(19)9-12-5-7-17-8-6-12/h3-4,10,12,17H,5-9H2,1-2H3. The molecular weight excluding hydrogens is 304 g/mol. The number of rotatable bonds is 3. The molecule has 0 saturated carbocycles. The molecule has 1 fully saturated rings. The van der Waals surface area contributed by atoms with Crippen molar-refractivity contribution in [1.82, 2.24) is 5.32 Å². The topological polar surface area (TPSA) is 32.3 Å². The van der Waals surface area contributed by atoms with Crippen LogP contribution in [0.4, 0.5) is 5.69 Å². The molecule has 0 aliphatic carbocycles. The lowest BCUT2D eigenvalue weighted by molar-refractivity contribution is -0.119. The van der Waals surface area contributed by atoms with Gasteiger partial charge in [0.2, 0.25) is 5.91 Å². The monoisotopic (exact) mass is 324 g/mol. The first-order valence-corrected chi connectivity index (χ1v) is 7.60. The summed E-state index contributed by atoms with van der Waals surface area (Å²) in [6.07, 6.45) is 2.87. The van der Waals surface area contributed by atoms with Gasteiger partial charge in [0.05, 0.1) is 0 Å². The summed E-state index contributed by atoms with van der Waals surface area (Å²) in [7, 11) is 1.87. The van der Waals surface area contributed by atoms with Gasteiger partial charge < -0.3 is 10.2 Å². The molecule has 3 nitrogen and oxygen atoms in total. The average molecular weight is 325 g/mol. The van der Waals surface area contributed by atoms with Crippen molar-refractivity contribution in [2.75, 3.05) is 25.0 Å². The van der Waals surface area contributed by atoms with Gasteiger partial charge >= 0.3 is 0 Å². The molecule has 0 spiro atoms. The Morgan fingerprint density at radius 2 is 2.11 bits per heavy atom. The minimum absolute atomic E-state index is 0.216. The maximum atomic E-state index is 12.4. The van der Waals surface area contributed by atoms with E-state index in [2.05, 4.69) is 21.2 Å². The quantitative estimate of drug-likeness (QED) is 0.926. The van der Waals surface area contributed by atoms with E-state index in [4.69, 9.17) is 0 Å². The van der Waals surface area contributed by atoms with E-state index in [0.717, 1.165) is 41.7 Å². The molecule has 0 bridgehead atoms. The van der Waals surface area contributed by atoms with Crippen molar-refractivity contribution in [3.63, 3.8) is 0 Å². The first-order valence-electron chi connectivity index (χ1n) is 6.81. The van der Waals surface area contributed by atoms with Gasteiger partial charge in [-0.15, -0.1) is 0 Å². The summed E-state index contributed by atoms with van der Waals surface area (Å²) in [5.74, 6) is 0.747. The number of carbonyl (C=O) groups excluding carboxylic acids is 1. The molecule has 1 aromatic carbocycles. The van der Waals surface area contributed by atoms with Crippen LogP contribution in [0.2, 0.25) is 0 Å². The van der Waals surface area contributed by atoms with Crippen molar-refractivity contribution < 1.29 is 4.79 Å². The van der Waals surface area contributed by atoms with Crippen LogP contribution in [0.5, 0.6) is 0 Å². The van der Waals surface area contributed by atoms with E-state index in [1.54, 1.807) is 4.90 Å². The van der Waals surface area contributed by atoms with Crippen LogP contribution in [-0.2, 0) is 4.79 Å². The number of aryl methyl sites for hydroxylation is 1. The van der Waals surface area contributed by atoms with Gasteiger partial charge in [0, 0.05) is 23.6 Å². The molecule has 1 N–H and O–H groups in total. The second kappa shape index (κ2) is 6.53. The van der Waals surface area contributed by atoms with Crippen molar-refractivity contribution in [3.8, 4) is 0 Å². The molecule has 0 unspecified atom stereocenters. The SMILES string of the molecule is Cc1ccc(Br)cc1N(C)C(=O)CC1CCNCC1. The maximum absolute atomic E-state index is 12.4. The highest BCUT2D eigenvalue weighted by Gasteiger charge is 2.20. The van der Waals surface area contributed by atoms with Crippen LogP contribution in [0.3, 0.4) is 0 Å². The van der Waals surface area contributed by atoms with Crippen LogP contribution < -0.4 is 10.2 Å². The fourth-order valence-electron chi connectivity index (χ4n) is 2.55. The Balaban J connectivity index is 2.03. The second-order valence-corrected chi connectivity index (χ2v) is 6.20. The molecule has 104 valence electrons. The molecule has 1 saturated heterocycles. The van der Waals surface area contributed by atoms with E-state index < -0.39 is 0 Å². The highest BCUT2D eigenvalue weighted by atomic mass is 79.9. The van der Waals surface area contributed by atoms with Crippen LogP contribution in [0.1, 0.15) is 24.8 Å². The molecule has 1 aliphatic rings. The van der Waals surface area contributed by atoms with Gasteiger partial charge in [-0.05, 0) is 56.5 Å². The first-order chi connectivity index (χ1) is 9.08. The van der Waals surface area contributed by atoms with Crippen LogP contribution in [0.15, 0.2) is 22.7 Å². The van der Waals surface area contributed by atoms with Gasteiger partial charge in [-0.2, -0.15) is 0 Å². The third kappa shape index (κ3) is 3.80. The van der Waals surface area contributed by atoms with E-state index in [0.29, 0.717) is 12.3 Å². The van der Waals surface area contributed by atoms with Gasteiger partial charge in [0.15, 0.2) is 0 Å². The number of hydrogen-bond donors (Lipinski definition) is 1. The highest BCUT2D eigenvalue weighted by molar-refractivity contribution is 9.10. The van der Waals surface area contributed by atoms with Gasteiger partial charge in [0.25, 0.3) is 0 Å². The number of carbonyl (C=O) groups is 1. The Hall–Kier alpha value is -0.870. The fourth-order valence-corrected chi connectivity index (χ4v) is 2.90. The molecule has 0 aromatic heterocycles. The number of nitrogens with zero attached hydrogens (tertiary/aromatic N) is 1.